The summed E-state index contributed by atoms with van der Waals surface area (Å²) in [4.78, 5) is -0.161. The molecule has 2 nitrogen and oxygen atoms in total. The van der Waals surface area contributed by atoms with Gasteiger partial charge in [-0.1, -0.05) is 42.0 Å². The van der Waals surface area contributed by atoms with E-state index in [2.05, 4.69) is 17.5 Å². The fourth-order valence-corrected chi connectivity index (χ4v) is 2.05. The molecule has 0 spiro atoms. The van der Waals surface area contributed by atoms with Gasteiger partial charge in [-0.15, -0.1) is 0 Å². The first-order chi connectivity index (χ1) is 9.49. The molecule has 0 radical (unpaired) electrons. The van der Waals surface area contributed by atoms with Crippen LogP contribution in [0.15, 0.2) is 36.4 Å². The molecular weight excluding hydrogens is 278 g/mol. The normalized spacial score (nSPS) is 10.3. The van der Waals surface area contributed by atoms with Crippen LogP contribution in [-0.2, 0) is 6.54 Å². The van der Waals surface area contributed by atoms with E-state index in [1.54, 1.807) is 0 Å². The van der Waals surface area contributed by atoms with E-state index in [0.29, 0.717) is 6.54 Å². The Kier molecular flexibility index (Phi) is 4.29. The molecule has 2 rings (SSSR count). The second-order valence-corrected chi connectivity index (χ2v) is 4.94. The van der Waals surface area contributed by atoms with E-state index in [4.69, 9.17) is 5.73 Å². The standard InChI is InChI=1S/C15H14F2N2S/c1-9-3-2-4-10(7-9)8-19-12-6-5-11(15(18)20)13(16)14(12)17/h2-7,19H,8H2,1H3,(H2,18,20). The SMILES string of the molecule is Cc1cccc(CNc2ccc(C(N)=S)c(F)c2F)c1. The van der Waals surface area contributed by atoms with Gasteiger partial charge >= 0.3 is 0 Å². The number of nitrogens with two attached hydrogens (primary N) is 1. The first-order valence-corrected chi connectivity index (χ1v) is 6.47. The second-order valence-electron chi connectivity index (χ2n) is 4.50. The highest BCUT2D eigenvalue weighted by molar-refractivity contribution is 7.80. The maximum Gasteiger partial charge on any atom is 0.182 e. The number of nitrogens with one attached hydrogen (secondary N) is 1. The number of thiocarbonyl (C=S) groups is 1. The Balaban J connectivity index is 2.18. The maximum atomic E-state index is 13.9. The molecule has 0 aromatic heterocycles. The van der Waals surface area contributed by atoms with Crippen molar-refractivity contribution >= 4 is 22.9 Å². The molecule has 20 heavy (non-hydrogen) atoms. The van der Waals surface area contributed by atoms with Crippen molar-refractivity contribution in [3.63, 3.8) is 0 Å². The second kappa shape index (κ2) is 5.96. The van der Waals surface area contributed by atoms with Crippen LogP contribution in [0.2, 0.25) is 0 Å². The molecule has 0 aliphatic heterocycles. The van der Waals surface area contributed by atoms with Crippen molar-refractivity contribution in [2.45, 2.75) is 13.5 Å². The smallest absolute Gasteiger partial charge is 0.182 e. The van der Waals surface area contributed by atoms with Crippen molar-refractivity contribution in [1.82, 2.24) is 0 Å². The van der Waals surface area contributed by atoms with Crippen LogP contribution in [0.5, 0.6) is 0 Å². The van der Waals surface area contributed by atoms with Gasteiger partial charge in [0.15, 0.2) is 11.6 Å². The van der Waals surface area contributed by atoms with Crippen LogP contribution in [0.4, 0.5) is 14.5 Å². The summed E-state index contributed by atoms with van der Waals surface area (Å²) in [5, 5.41) is 2.86. The molecular formula is C15H14F2N2S. The lowest BCUT2D eigenvalue weighted by Crippen LogP contribution is -2.14. The van der Waals surface area contributed by atoms with Crippen LogP contribution in [0, 0.1) is 18.6 Å². The zero-order valence-corrected chi connectivity index (χ0v) is 11.7. The van der Waals surface area contributed by atoms with Gasteiger partial charge in [0.25, 0.3) is 0 Å². The number of hydrogen-bond donors (Lipinski definition) is 2. The Morgan fingerprint density at radius 2 is 1.95 bits per heavy atom. The van der Waals surface area contributed by atoms with Crippen LogP contribution in [-0.4, -0.2) is 4.99 Å². The zero-order chi connectivity index (χ0) is 14.7. The predicted molar refractivity (Wildman–Crippen MR) is 80.8 cm³/mol. The van der Waals surface area contributed by atoms with Gasteiger partial charge in [-0.25, -0.2) is 8.78 Å². The third-order valence-electron chi connectivity index (χ3n) is 2.91. The Bertz CT molecular complexity index is 656. The fourth-order valence-electron chi connectivity index (χ4n) is 1.90. The highest BCUT2D eigenvalue weighted by Crippen LogP contribution is 2.21. The van der Waals surface area contributed by atoms with E-state index in [1.807, 2.05) is 31.2 Å². The molecule has 0 atom stereocenters. The molecule has 0 amide bonds. The summed E-state index contributed by atoms with van der Waals surface area (Å²) < 4.78 is 27.6. The lowest BCUT2D eigenvalue weighted by Gasteiger charge is -2.10. The summed E-state index contributed by atoms with van der Waals surface area (Å²) in [6, 6.07) is 10.6. The van der Waals surface area contributed by atoms with Crippen LogP contribution in [0.25, 0.3) is 0 Å². The Hall–Kier alpha value is -2.01. The van der Waals surface area contributed by atoms with Crippen LogP contribution in [0.1, 0.15) is 16.7 Å². The first kappa shape index (κ1) is 14.4. The summed E-state index contributed by atoms with van der Waals surface area (Å²) in [6.07, 6.45) is 0. The topological polar surface area (TPSA) is 38.0 Å². The van der Waals surface area contributed by atoms with E-state index in [-0.39, 0.29) is 16.2 Å². The summed E-state index contributed by atoms with van der Waals surface area (Å²) in [6.45, 7) is 2.38. The molecule has 3 N–H and O–H groups in total. The molecule has 5 heteroatoms. The summed E-state index contributed by atoms with van der Waals surface area (Å²) in [5.41, 5.74) is 7.42. The number of halogens is 2. The number of aryl methyl sites for hydroxylation is 1. The van der Waals surface area contributed by atoms with E-state index in [9.17, 15) is 8.78 Å². The number of hydrogen-bond acceptors (Lipinski definition) is 2. The number of rotatable bonds is 4. The summed E-state index contributed by atoms with van der Waals surface area (Å²) in [5.74, 6) is -1.99. The molecule has 0 heterocycles. The highest BCUT2D eigenvalue weighted by Gasteiger charge is 2.14. The highest BCUT2D eigenvalue weighted by atomic mass is 32.1. The van der Waals surface area contributed by atoms with E-state index >= 15 is 0 Å². The summed E-state index contributed by atoms with van der Waals surface area (Å²) >= 11 is 4.66. The fraction of sp³-hybridized carbons (Fsp3) is 0.133. The summed E-state index contributed by atoms with van der Waals surface area (Å²) in [7, 11) is 0. The maximum absolute atomic E-state index is 13.9. The lowest BCUT2D eigenvalue weighted by atomic mass is 10.1. The monoisotopic (exact) mass is 292 g/mol. The van der Waals surface area contributed by atoms with Gasteiger partial charge in [0.1, 0.15) is 4.99 Å². The Morgan fingerprint density at radius 3 is 2.60 bits per heavy atom. The van der Waals surface area contributed by atoms with Gasteiger partial charge in [0.2, 0.25) is 0 Å². The van der Waals surface area contributed by atoms with Crippen LogP contribution in [0.3, 0.4) is 0 Å². The van der Waals surface area contributed by atoms with Crippen molar-refractivity contribution in [2.75, 3.05) is 5.32 Å². The third-order valence-corrected chi connectivity index (χ3v) is 3.13. The van der Waals surface area contributed by atoms with Crippen molar-refractivity contribution in [2.24, 2.45) is 5.73 Å². The molecule has 0 aliphatic carbocycles. The minimum absolute atomic E-state index is 0.0846. The minimum Gasteiger partial charge on any atom is -0.389 e. The van der Waals surface area contributed by atoms with Gasteiger partial charge < -0.3 is 11.1 Å². The van der Waals surface area contributed by atoms with Gasteiger partial charge in [0, 0.05) is 12.1 Å². The molecule has 0 fully saturated rings. The first-order valence-electron chi connectivity index (χ1n) is 6.06. The molecule has 0 saturated carbocycles. The van der Waals surface area contributed by atoms with Gasteiger partial charge in [-0.2, -0.15) is 0 Å². The van der Waals surface area contributed by atoms with Crippen LogP contribution >= 0.6 is 12.2 Å². The van der Waals surface area contributed by atoms with Crippen LogP contribution < -0.4 is 11.1 Å². The molecule has 0 bridgehead atoms. The zero-order valence-electron chi connectivity index (χ0n) is 10.9. The predicted octanol–water partition coefficient (Wildman–Crippen LogP) is 3.52. The lowest BCUT2D eigenvalue weighted by molar-refractivity contribution is 0.509. The van der Waals surface area contributed by atoms with Gasteiger partial charge in [-0.05, 0) is 24.6 Å². The molecule has 2 aromatic rings. The molecule has 0 aliphatic rings. The van der Waals surface area contributed by atoms with Gasteiger partial charge in [0.05, 0.1) is 5.69 Å². The molecule has 0 unspecified atom stereocenters. The molecule has 0 saturated heterocycles. The van der Waals surface area contributed by atoms with E-state index in [1.165, 1.54) is 12.1 Å². The third kappa shape index (κ3) is 3.11. The minimum atomic E-state index is -1.02. The Morgan fingerprint density at radius 1 is 1.20 bits per heavy atom. The van der Waals surface area contributed by atoms with Gasteiger partial charge in [-0.3, -0.25) is 0 Å². The van der Waals surface area contributed by atoms with E-state index < -0.39 is 11.6 Å². The Labute approximate surface area is 121 Å². The molecule has 2 aromatic carbocycles. The molecule has 104 valence electrons. The van der Waals surface area contributed by atoms with Crippen molar-refractivity contribution in [1.29, 1.82) is 0 Å². The van der Waals surface area contributed by atoms with Crippen molar-refractivity contribution in [3.05, 3.63) is 64.7 Å². The quantitative estimate of drug-likeness (QED) is 0.847. The number of benzene rings is 2. The van der Waals surface area contributed by atoms with E-state index in [0.717, 1.165) is 11.1 Å². The largest absolute Gasteiger partial charge is 0.389 e. The number of anilines is 1. The average molecular weight is 292 g/mol. The van der Waals surface area contributed by atoms with Crippen molar-refractivity contribution in [3.8, 4) is 0 Å². The average Bonchev–Trinajstić information content (AvgIpc) is 2.40. The van der Waals surface area contributed by atoms with Crippen molar-refractivity contribution < 1.29 is 8.78 Å².